The van der Waals surface area contributed by atoms with Crippen LogP contribution in [-0.4, -0.2) is 21.9 Å². The molecule has 106 valence electrons. The summed E-state index contributed by atoms with van der Waals surface area (Å²) >= 11 is 6.50. The average molecular weight is 309 g/mol. The van der Waals surface area contributed by atoms with Gasteiger partial charge >= 0.3 is 0 Å². The standard InChI is InChI=1S/C14H16FN3S2/c1-9-13(20-8-17-9)7-18(2)6-10-3-4-12(15)11(5-10)14(16)19/h3-5,8H,6-7H2,1-2H3,(H2,16,19). The minimum Gasteiger partial charge on any atom is -0.389 e. The van der Waals surface area contributed by atoms with Crippen molar-refractivity contribution in [3.05, 3.63) is 51.2 Å². The maximum absolute atomic E-state index is 13.5. The molecule has 0 radical (unpaired) electrons. The molecule has 0 amide bonds. The van der Waals surface area contributed by atoms with E-state index >= 15 is 0 Å². The van der Waals surface area contributed by atoms with Crippen LogP contribution in [-0.2, 0) is 13.1 Å². The molecule has 3 nitrogen and oxygen atoms in total. The third kappa shape index (κ3) is 3.59. The highest BCUT2D eigenvalue weighted by atomic mass is 32.1. The number of hydrogen-bond donors (Lipinski definition) is 1. The first kappa shape index (κ1) is 15.0. The third-order valence-corrected chi connectivity index (χ3v) is 4.15. The minimum atomic E-state index is -0.373. The number of nitrogens with two attached hydrogens (primary N) is 1. The number of nitrogens with zero attached hydrogens (tertiary/aromatic N) is 2. The second kappa shape index (κ2) is 6.39. The van der Waals surface area contributed by atoms with Crippen molar-refractivity contribution < 1.29 is 4.39 Å². The smallest absolute Gasteiger partial charge is 0.133 e. The fraction of sp³-hybridized carbons (Fsp3) is 0.286. The predicted octanol–water partition coefficient (Wildman–Crippen LogP) is 2.86. The zero-order chi connectivity index (χ0) is 14.7. The van der Waals surface area contributed by atoms with Gasteiger partial charge in [-0.25, -0.2) is 9.37 Å². The van der Waals surface area contributed by atoms with Crippen LogP contribution in [0.25, 0.3) is 0 Å². The Morgan fingerprint density at radius 2 is 2.20 bits per heavy atom. The Bertz CT molecular complexity index is 625. The molecule has 1 heterocycles. The van der Waals surface area contributed by atoms with Crippen LogP contribution in [0, 0.1) is 12.7 Å². The monoisotopic (exact) mass is 309 g/mol. The number of aromatic nitrogens is 1. The molecule has 0 saturated heterocycles. The van der Waals surface area contributed by atoms with Crippen molar-refractivity contribution in [3.8, 4) is 0 Å². The summed E-state index contributed by atoms with van der Waals surface area (Å²) in [6.07, 6.45) is 0. The zero-order valence-corrected chi connectivity index (χ0v) is 13.0. The fourth-order valence-corrected chi connectivity index (χ4v) is 2.96. The summed E-state index contributed by atoms with van der Waals surface area (Å²) in [6.45, 7) is 3.52. The van der Waals surface area contributed by atoms with Gasteiger partial charge < -0.3 is 5.73 Å². The summed E-state index contributed by atoms with van der Waals surface area (Å²) in [6, 6.07) is 4.89. The Kier molecular flexibility index (Phi) is 4.80. The van der Waals surface area contributed by atoms with Crippen LogP contribution >= 0.6 is 23.6 Å². The van der Waals surface area contributed by atoms with Gasteiger partial charge in [0.1, 0.15) is 10.8 Å². The Hall–Kier alpha value is -1.37. The topological polar surface area (TPSA) is 42.2 Å². The van der Waals surface area contributed by atoms with Crippen molar-refractivity contribution in [2.45, 2.75) is 20.0 Å². The molecular formula is C14H16FN3S2. The van der Waals surface area contributed by atoms with Crippen LogP contribution in [0.1, 0.15) is 21.7 Å². The van der Waals surface area contributed by atoms with E-state index in [4.69, 9.17) is 18.0 Å². The number of halogens is 1. The third-order valence-electron chi connectivity index (χ3n) is 3.01. The van der Waals surface area contributed by atoms with Gasteiger partial charge in [-0.05, 0) is 31.7 Å². The number of thiocarbonyl (C=S) groups is 1. The lowest BCUT2D eigenvalue weighted by molar-refractivity contribution is 0.321. The fourth-order valence-electron chi connectivity index (χ4n) is 1.95. The van der Waals surface area contributed by atoms with Crippen LogP contribution < -0.4 is 5.73 Å². The van der Waals surface area contributed by atoms with Gasteiger partial charge in [0, 0.05) is 23.5 Å². The normalized spacial score (nSPS) is 11.0. The minimum absolute atomic E-state index is 0.0882. The molecule has 0 atom stereocenters. The van der Waals surface area contributed by atoms with E-state index in [1.807, 2.05) is 19.5 Å². The number of rotatable bonds is 5. The summed E-state index contributed by atoms with van der Waals surface area (Å²) in [7, 11) is 2.02. The molecule has 1 aromatic carbocycles. The van der Waals surface area contributed by atoms with Crippen LogP contribution in [0.5, 0.6) is 0 Å². The van der Waals surface area contributed by atoms with E-state index in [0.717, 1.165) is 17.8 Å². The summed E-state index contributed by atoms with van der Waals surface area (Å²) in [4.78, 5) is 7.71. The molecule has 0 aliphatic carbocycles. The highest BCUT2D eigenvalue weighted by molar-refractivity contribution is 7.80. The van der Waals surface area contributed by atoms with E-state index in [0.29, 0.717) is 12.1 Å². The van der Waals surface area contributed by atoms with Crippen molar-refractivity contribution in [2.24, 2.45) is 5.73 Å². The Morgan fingerprint density at radius 3 is 2.80 bits per heavy atom. The second-order valence-electron chi connectivity index (χ2n) is 4.71. The first-order valence-corrected chi connectivity index (χ1v) is 7.42. The molecular weight excluding hydrogens is 293 g/mol. The predicted molar refractivity (Wildman–Crippen MR) is 84.3 cm³/mol. The molecule has 0 bridgehead atoms. The zero-order valence-electron chi connectivity index (χ0n) is 11.4. The molecule has 0 saturated carbocycles. The van der Waals surface area contributed by atoms with Crippen molar-refractivity contribution in [1.82, 2.24) is 9.88 Å². The van der Waals surface area contributed by atoms with Crippen LogP contribution in [0.15, 0.2) is 23.7 Å². The average Bonchev–Trinajstić information content (AvgIpc) is 2.77. The van der Waals surface area contributed by atoms with Crippen molar-refractivity contribution >= 4 is 28.5 Å². The number of aryl methyl sites for hydroxylation is 1. The van der Waals surface area contributed by atoms with Gasteiger partial charge in [0.15, 0.2) is 0 Å². The van der Waals surface area contributed by atoms with Gasteiger partial charge in [0.05, 0.1) is 11.2 Å². The van der Waals surface area contributed by atoms with E-state index in [2.05, 4.69) is 9.88 Å². The molecule has 0 aliphatic heterocycles. The van der Waals surface area contributed by atoms with E-state index in [1.54, 1.807) is 23.5 Å². The first-order valence-electron chi connectivity index (χ1n) is 6.13. The molecule has 0 unspecified atom stereocenters. The molecule has 6 heteroatoms. The Balaban J connectivity index is 2.08. The lowest BCUT2D eigenvalue weighted by atomic mass is 10.1. The number of hydrogen-bond acceptors (Lipinski definition) is 4. The maximum atomic E-state index is 13.5. The van der Waals surface area contributed by atoms with Gasteiger partial charge in [-0.2, -0.15) is 0 Å². The quantitative estimate of drug-likeness (QED) is 0.863. The van der Waals surface area contributed by atoms with E-state index in [-0.39, 0.29) is 10.8 Å². The SMILES string of the molecule is Cc1ncsc1CN(C)Cc1ccc(F)c(C(N)=S)c1. The summed E-state index contributed by atoms with van der Waals surface area (Å²) in [5, 5.41) is 0. The molecule has 2 aromatic rings. The number of thiazole rings is 1. The summed E-state index contributed by atoms with van der Waals surface area (Å²) in [5.41, 5.74) is 9.71. The van der Waals surface area contributed by atoms with Gasteiger partial charge in [-0.3, -0.25) is 4.90 Å². The maximum Gasteiger partial charge on any atom is 0.133 e. The van der Waals surface area contributed by atoms with Gasteiger partial charge in [0.2, 0.25) is 0 Å². The molecule has 0 aliphatic rings. The van der Waals surface area contributed by atoms with Crippen molar-refractivity contribution in [1.29, 1.82) is 0 Å². The van der Waals surface area contributed by atoms with Crippen molar-refractivity contribution in [3.63, 3.8) is 0 Å². The highest BCUT2D eigenvalue weighted by Gasteiger charge is 2.09. The molecule has 20 heavy (non-hydrogen) atoms. The highest BCUT2D eigenvalue weighted by Crippen LogP contribution is 2.17. The summed E-state index contributed by atoms with van der Waals surface area (Å²) in [5.74, 6) is -0.373. The lowest BCUT2D eigenvalue weighted by Crippen LogP contribution is -2.18. The van der Waals surface area contributed by atoms with Gasteiger partial charge in [0.25, 0.3) is 0 Å². The molecule has 1 aromatic heterocycles. The van der Waals surface area contributed by atoms with E-state index in [9.17, 15) is 4.39 Å². The largest absolute Gasteiger partial charge is 0.389 e. The van der Waals surface area contributed by atoms with Gasteiger partial charge in [-0.1, -0.05) is 18.3 Å². The Morgan fingerprint density at radius 1 is 1.45 bits per heavy atom. The second-order valence-corrected chi connectivity index (χ2v) is 6.09. The van der Waals surface area contributed by atoms with Crippen LogP contribution in [0.2, 0.25) is 0 Å². The van der Waals surface area contributed by atoms with Gasteiger partial charge in [-0.15, -0.1) is 11.3 Å². The molecule has 2 rings (SSSR count). The van der Waals surface area contributed by atoms with Crippen molar-refractivity contribution in [2.75, 3.05) is 7.05 Å². The summed E-state index contributed by atoms with van der Waals surface area (Å²) < 4.78 is 13.5. The Labute approximate surface area is 127 Å². The molecule has 2 N–H and O–H groups in total. The molecule has 0 fully saturated rings. The van der Waals surface area contributed by atoms with Crippen LogP contribution in [0.4, 0.5) is 4.39 Å². The van der Waals surface area contributed by atoms with E-state index in [1.165, 1.54) is 10.9 Å². The molecule has 0 spiro atoms. The van der Waals surface area contributed by atoms with Crippen LogP contribution in [0.3, 0.4) is 0 Å². The number of benzene rings is 1. The van der Waals surface area contributed by atoms with E-state index < -0.39 is 0 Å². The first-order chi connectivity index (χ1) is 9.47. The lowest BCUT2D eigenvalue weighted by Gasteiger charge is -2.16.